The molecule has 19 heteroatoms. The van der Waals surface area contributed by atoms with E-state index in [2.05, 4.69) is 42.8 Å². The predicted octanol–water partition coefficient (Wildman–Crippen LogP) is 9.43. The van der Waals surface area contributed by atoms with Gasteiger partial charge in [0.1, 0.15) is 20.9 Å². The molecule has 4 aromatic rings. The Labute approximate surface area is 442 Å². The summed E-state index contributed by atoms with van der Waals surface area (Å²) in [5, 5.41) is 54.1. The van der Waals surface area contributed by atoms with E-state index in [0.29, 0.717) is 48.2 Å². The van der Waals surface area contributed by atoms with Gasteiger partial charge in [-0.15, -0.1) is 0 Å². The number of likely N-dealkylation sites (tertiary alicyclic amines) is 1. The van der Waals surface area contributed by atoms with Gasteiger partial charge in [0.25, 0.3) is 5.91 Å². The summed E-state index contributed by atoms with van der Waals surface area (Å²) in [6, 6.07) is 30.5. The number of hydrogen-bond donors (Lipinski definition) is 6. The maximum absolute atomic E-state index is 13.6. The normalized spacial score (nSPS) is 27.7. The monoisotopic (exact) mass is 1080 g/mol. The summed E-state index contributed by atoms with van der Waals surface area (Å²) >= 11 is 27.2. The summed E-state index contributed by atoms with van der Waals surface area (Å²) in [5.41, 5.74) is 4.54. The first-order chi connectivity index (χ1) is 33.6. The molecule has 376 valence electrons. The van der Waals surface area contributed by atoms with E-state index in [1.54, 1.807) is 0 Å². The van der Waals surface area contributed by atoms with E-state index in [-0.39, 0.29) is 42.9 Å². The Morgan fingerprint density at radius 1 is 0.577 bits per heavy atom. The van der Waals surface area contributed by atoms with Crippen LogP contribution in [0.4, 0.5) is 0 Å². The Kier molecular flexibility index (Phi) is 16.0. The van der Waals surface area contributed by atoms with Crippen LogP contribution in [0, 0.1) is 11.8 Å². The molecule has 6 aliphatic heterocycles. The van der Waals surface area contributed by atoms with E-state index in [1.807, 2.05) is 111 Å². The van der Waals surface area contributed by atoms with Gasteiger partial charge in [-0.3, -0.25) is 4.79 Å². The topological polar surface area (TPSA) is 182 Å². The third-order valence-corrected chi connectivity index (χ3v) is 16.6. The standard InChI is InChI=1S/C26H27Cl2N3O3S.C22H20Cl2N2O2S.C4H9NO2/c1-14(2)21-22(24(34)30-12-19(32)20(33)13-30)35-25-29-26(3,16-6-10-18(28)11-7-16)23(31(21)25)15-4-8-17(27)9-5-15;1-12(2)17-18(20(27)28)29-21-25-22(3,14-6-10-16(24)11-7-14)19(26(17)21)13-4-8-15(23)9-5-13;6-3-1-5-2-4(3)7/h4-11,14,19-20,23,32-33H,12-13H2,1-3H3;4-12,19H,1-3H3,(H,27,28);3-7H,1-2H2/t19-,20+,23?,26?;;3-,4+. The number of allylic oxidation sites excluding steroid dienone is 2. The van der Waals surface area contributed by atoms with Gasteiger partial charge >= 0.3 is 5.97 Å². The van der Waals surface area contributed by atoms with E-state index < -0.39 is 41.5 Å². The Morgan fingerprint density at radius 3 is 1.24 bits per heavy atom. The van der Waals surface area contributed by atoms with Gasteiger partial charge in [-0.1, -0.05) is 123 Å². The van der Waals surface area contributed by atoms with Crippen LogP contribution in [0.2, 0.25) is 20.1 Å². The fourth-order valence-electron chi connectivity index (χ4n) is 9.86. The molecule has 6 heterocycles. The summed E-state index contributed by atoms with van der Waals surface area (Å²) in [4.78, 5) is 42.5. The molecule has 0 saturated carbocycles. The number of carboxylic acid groups (broad SMARTS) is 1. The number of carbonyl (C=O) groups is 2. The number of fused-ring (bicyclic) bond motifs is 2. The van der Waals surface area contributed by atoms with Crippen molar-refractivity contribution in [2.75, 3.05) is 26.2 Å². The zero-order valence-corrected chi connectivity index (χ0v) is 44.5. The smallest absolute Gasteiger partial charge is 0.344 e. The molecular formula is C52H56Cl4N6O7S2. The van der Waals surface area contributed by atoms with E-state index >= 15 is 0 Å². The lowest BCUT2D eigenvalue weighted by molar-refractivity contribution is -0.132. The minimum absolute atomic E-state index is 0.0312. The highest BCUT2D eigenvalue weighted by Crippen LogP contribution is 2.58. The molecule has 0 bridgehead atoms. The highest BCUT2D eigenvalue weighted by molar-refractivity contribution is 8.18. The lowest BCUT2D eigenvalue weighted by Gasteiger charge is -2.37. The third kappa shape index (κ3) is 10.5. The Balaban J connectivity index is 0.000000169. The number of aliphatic imine (C=N–C) groups is 2. The number of benzene rings is 4. The maximum atomic E-state index is 13.6. The first kappa shape index (κ1) is 53.2. The maximum Gasteiger partial charge on any atom is 0.344 e. The van der Waals surface area contributed by atoms with Crippen molar-refractivity contribution in [3.63, 3.8) is 0 Å². The summed E-state index contributed by atoms with van der Waals surface area (Å²) in [5.74, 6) is -1.04. The van der Waals surface area contributed by atoms with Crippen molar-refractivity contribution in [2.24, 2.45) is 21.8 Å². The average Bonchev–Trinajstić information content (AvgIpc) is 4.17. The molecule has 8 atom stereocenters. The number of carbonyl (C=O) groups excluding carboxylic acids is 1. The number of β-amino-alcohol motifs (C(OH)–C–C–N with tert-alkyl or cyclic N) is 4. The molecule has 0 radical (unpaired) electrons. The van der Waals surface area contributed by atoms with Gasteiger partial charge in [0.05, 0.1) is 36.5 Å². The lowest BCUT2D eigenvalue weighted by Crippen LogP contribution is -2.36. The van der Waals surface area contributed by atoms with Crippen LogP contribution in [0.25, 0.3) is 0 Å². The second kappa shape index (κ2) is 21.4. The predicted molar refractivity (Wildman–Crippen MR) is 285 cm³/mol. The van der Waals surface area contributed by atoms with Crippen molar-refractivity contribution in [2.45, 2.75) is 89.1 Å². The zero-order chi connectivity index (χ0) is 51.3. The van der Waals surface area contributed by atoms with Crippen molar-refractivity contribution in [3.05, 3.63) is 161 Å². The molecule has 0 aliphatic carbocycles. The summed E-state index contributed by atoms with van der Waals surface area (Å²) in [7, 11) is 0. The number of thioether (sulfide) groups is 2. The van der Waals surface area contributed by atoms with Crippen molar-refractivity contribution in [3.8, 4) is 0 Å². The van der Waals surface area contributed by atoms with Crippen molar-refractivity contribution < 1.29 is 35.1 Å². The molecule has 0 aromatic heterocycles. The molecule has 0 spiro atoms. The van der Waals surface area contributed by atoms with E-state index in [4.69, 9.17) is 66.6 Å². The summed E-state index contributed by atoms with van der Waals surface area (Å²) in [6.07, 6.45) is -2.94. The molecule has 2 fully saturated rings. The Bertz CT molecular complexity index is 2760. The molecule has 13 nitrogen and oxygen atoms in total. The number of aliphatic hydroxyl groups is 4. The highest BCUT2D eigenvalue weighted by atomic mass is 35.5. The minimum Gasteiger partial charge on any atom is -0.477 e. The fourth-order valence-corrected chi connectivity index (χ4v) is 13.0. The Hall–Kier alpha value is -4.10. The molecule has 4 aromatic carbocycles. The summed E-state index contributed by atoms with van der Waals surface area (Å²) in [6.45, 7) is 13.6. The number of nitrogens with zero attached hydrogens (tertiary/aromatic N) is 5. The first-order valence-electron chi connectivity index (χ1n) is 23.2. The lowest BCUT2D eigenvalue weighted by atomic mass is 9.81. The molecule has 71 heavy (non-hydrogen) atoms. The highest BCUT2D eigenvalue weighted by Gasteiger charge is 2.55. The quantitative estimate of drug-likeness (QED) is 0.0986. The number of halogens is 4. The van der Waals surface area contributed by atoms with Crippen LogP contribution < -0.4 is 5.32 Å². The second-order valence-electron chi connectivity index (χ2n) is 19.1. The fraction of sp³-hybridized carbons (Fsp3) is 0.385. The Morgan fingerprint density at radius 2 is 0.915 bits per heavy atom. The number of amides is 1. The minimum atomic E-state index is -0.930. The van der Waals surface area contributed by atoms with Gasteiger partial charge < -0.3 is 45.5 Å². The largest absolute Gasteiger partial charge is 0.477 e. The van der Waals surface area contributed by atoms with Crippen molar-refractivity contribution >= 4 is 92.1 Å². The molecule has 2 saturated heterocycles. The first-order valence-corrected chi connectivity index (χ1v) is 26.4. The zero-order valence-electron chi connectivity index (χ0n) is 39.8. The van der Waals surface area contributed by atoms with Crippen LogP contribution >= 0.6 is 69.9 Å². The van der Waals surface area contributed by atoms with Gasteiger partial charge in [-0.2, -0.15) is 0 Å². The number of carboxylic acids is 1. The molecular weight excluding hydrogens is 1030 g/mol. The molecule has 6 N–H and O–H groups in total. The number of aliphatic hydroxyl groups excluding tert-OH is 4. The van der Waals surface area contributed by atoms with Gasteiger partial charge in [0.15, 0.2) is 10.3 Å². The SMILES string of the molecule is CC(C)C1=C(C(=O)N2C[C@@H](O)[C@@H](O)C2)SC2=NC(C)(c3ccc(Cl)cc3)C(c3ccc(Cl)cc3)N21.CC(C)C1=C(C(=O)O)SC2=NC(C)(c3ccc(Cl)cc3)C(c3ccc(Cl)cc3)N21.O[C@@H]1CNC[C@@H]1O. The van der Waals surface area contributed by atoms with Gasteiger partial charge in [-0.25, -0.2) is 14.8 Å². The molecule has 10 rings (SSSR count). The number of aliphatic carboxylic acids is 1. The van der Waals surface area contributed by atoms with Crippen molar-refractivity contribution in [1.82, 2.24) is 20.0 Å². The van der Waals surface area contributed by atoms with Crippen molar-refractivity contribution in [1.29, 1.82) is 0 Å². The number of rotatable bonds is 8. The summed E-state index contributed by atoms with van der Waals surface area (Å²) < 4.78 is 0. The molecule has 1 amide bonds. The van der Waals surface area contributed by atoms with Crippen LogP contribution in [-0.2, 0) is 20.7 Å². The third-order valence-electron chi connectivity index (χ3n) is 13.4. The van der Waals surface area contributed by atoms with Crippen LogP contribution in [0.1, 0.15) is 75.9 Å². The van der Waals surface area contributed by atoms with Gasteiger partial charge in [0.2, 0.25) is 0 Å². The van der Waals surface area contributed by atoms with Crippen LogP contribution in [0.15, 0.2) is 128 Å². The van der Waals surface area contributed by atoms with E-state index in [0.717, 1.165) is 38.8 Å². The van der Waals surface area contributed by atoms with Gasteiger partial charge in [0, 0.05) is 57.7 Å². The van der Waals surface area contributed by atoms with Gasteiger partial charge in [-0.05, 0) is 120 Å². The van der Waals surface area contributed by atoms with Crippen LogP contribution in [-0.4, -0.2) is 113 Å². The second-order valence-corrected chi connectivity index (χ2v) is 22.8. The van der Waals surface area contributed by atoms with E-state index in [1.165, 1.54) is 28.4 Å². The number of amidine groups is 2. The molecule has 4 unspecified atom stereocenters. The average molecular weight is 1080 g/mol. The van der Waals surface area contributed by atoms with E-state index in [9.17, 15) is 24.9 Å². The van der Waals surface area contributed by atoms with Crippen LogP contribution in [0.3, 0.4) is 0 Å². The number of nitrogens with one attached hydrogen (secondary N) is 1. The number of hydrogen-bond acceptors (Lipinski definition) is 13. The molecule has 6 aliphatic rings. The van der Waals surface area contributed by atoms with Crippen LogP contribution in [0.5, 0.6) is 0 Å².